The van der Waals surface area contributed by atoms with Crippen molar-refractivity contribution < 1.29 is 24.2 Å². The molecule has 2 aliphatic rings. The van der Waals surface area contributed by atoms with Gasteiger partial charge in [0.15, 0.2) is 5.69 Å². The fraction of sp³-hybridized carbons (Fsp3) is 0.692. The molecule has 120 valence electrons. The number of hydrogen-bond acceptors (Lipinski definition) is 6. The molecule has 22 heavy (non-hydrogen) atoms. The van der Waals surface area contributed by atoms with Gasteiger partial charge < -0.3 is 19.5 Å². The zero-order valence-electron chi connectivity index (χ0n) is 12.1. The molecule has 1 atom stereocenters. The predicted octanol–water partition coefficient (Wildman–Crippen LogP) is -0.313. The molecule has 3 rings (SSSR count). The summed E-state index contributed by atoms with van der Waals surface area (Å²) < 4.78 is 12.1. The molecule has 0 aliphatic carbocycles. The summed E-state index contributed by atoms with van der Waals surface area (Å²) in [4.78, 5) is 25.3. The minimum absolute atomic E-state index is 0.0323. The molecule has 2 aliphatic heterocycles. The molecule has 9 heteroatoms. The number of morpholine rings is 1. The van der Waals surface area contributed by atoms with Crippen molar-refractivity contribution in [2.45, 2.75) is 25.5 Å². The Morgan fingerprint density at radius 2 is 2.05 bits per heavy atom. The molecule has 1 aromatic heterocycles. The van der Waals surface area contributed by atoms with Crippen LogP contribution in [-0.2, 0) is 20.8 Å². The van der Waals surface area contributed by atoms with Gasteiger partial charge in [0.2, 0.25) is 5.91 Å². The molecule has 2 fully saturated rings. The van der Waals surface area contributed by atoms with Gasteiger partial charge in [-0.15, -0.1) is 5.10 Å². The Hall–Kier alpha value is -2.00. The predicted molar refractivity (Wildman–Crippen MR) is 72.3 cm³/mol. The molecule has 3 heterocycles. The number of nitrogens with zero attached hydrogens (tertiary/aromatic N) is 4. The quantitative estimate of drug-likeness (QED) is 0.812. The second kappa shape index (κ2) is 6.41. The Morgan fingerprint density at radius 3 is 2.68 bits per heavy atom. The van der Waals surface area contributed by atoms with E-state index in [4.69, 9.17) is 9.47 Å². The summed E-state index contributed by atoms with van der Waals surface area (Å²) in [5.74, 6) is -1.28. The number of aromatic nitrogens is 3. The third-order valence-electron chi connectivity index (χ3n) is 3.86. The Labute approximate surface area is 126 Å². The van der Waals surface area contributed by atoms with E-state index in [9.17, 15) is 14.7 Å². The molecule has 1 aromatic rings. The third-order valence-corrected chi connectivity index (χ3v) is 3.86. The zero-order chi connectivity index (χ0) is 15.5. The average molecular weight is 310 g/mol. The number of amides is 1. The summed E-state index contributed by atoms with van der Waals surface area (Å²) in [6.45, 7) is 2.65. The minimum Gasteiger partial charge on any atom is -0.476 e. The molecule has 0 bridgehead atoms. The van der Waals surface area contributed by atoms with Gasteiger partial charge in [-0.1, -0.05) is 5.21 Å². The Kier molecular flexibility index (Phi) is 4.34. The Bertz CT molecular complexity index is 561. The molecule has 0 saturated carbocycles. The van der Waals surface area contributed by atoms with Crippen LogP contribution in [0.25, 0.3) is 0 Å². The monoisotopic (exact) mass is 310 g/mol. The molecule has 0 radical (unpaired) electrons. The van der Waals surface area contributed by atoms with E-state index in [0.717, 1.165) is 6.42 Å². The number of carbonyl (C=O) groups excluding carboxylic acids is 1. The van der Waals surface area contributed by atoms with E-state index in [1.807, 2.05) is 0 Å². The second-order valence-electron chi connectivity index (χ2n) is 5.28. The number of ether oxygens (including phenoxy) is 2. The highest BCUT2D eigenvalue weighted by Crippen LogP contribution is 2.30. The van der Waals surface area contributed by atoms with Crippen LogP contribution in [0.3, 0.4) is 0 Å². The van der Waals surface area contributed by atoms with Gasteiger partial charge in [-0.25, -0.2) is 9.48 Å². The number of aromatic carboxylic acids is 1. The topological polar surface area (TPSA) is 107 Å². The van der Waals surface area contributed by atoms with Crippen LogP contribution in [0.2, 0.25) is 0 Å². The maximum Gasteiger partial charge on any atom is 0.358 e. The van der Waals surface area contributed by atoms with E-state index in [0.29, 0.717) is 45.0 Å². The van der Waals surface area contributed by atoms with Crippen LogP contribution in [0.1, 0.15) is 35.1 Å². The molecular formula is C13H18N4O5. The normalized spacial score (nSPS) is 22.0. The molecule has 0 aromatic carbocycles. The standard InChI is InChI=1S/C13H18N4O5/c18-10(16-3-6-21-7-4-16)8-17-12(9-2-1-5-22-9)11(13(19)20)14-15-17/h9H,1-8H2,(H,19,20). The van der Waals surface area contributed by atoms with E-state index < -0.39 is 5.97 Å². The maximum atomic E-state index is 12.3. The van der Waals surface area contributed by atoms with Crippen molar-refractivity contribution in [1.82, 2.24) is 19.9 Å². The molecule has 1 amide bonds. The van der Waals surface area contributed by atoms with Crippen molar-refractivity contribution in [3.8, 4) is 0 Å². The van der Waals surface area contributed by atoms with E-state index in [1.54, 1.807) is 4.90 Å². The Balaban J connectivity index is 1.80. The molecular weight excluding hydrogens is 292 g/mol. The average Bonchev–Trinajstić information content (AvgIpc) is 3.16. The first-order valence-electron chi connectivity index (χ1n) is 7.30. The first-order chi connectivity index (χ1) is 10.7. The van der Waals surface area contributed by atoms with Crippen LogP contribution >= 0.6 is 0 Å². The fourth-order valence-electron chi connectivity index (χ4n) is 2.74. The van der Waals surface area contributed by atoms with Gasteiger partial charge in [0.1, 0.15) is 18.3 Å². The lowest BCUT2D eigenvalue weighted by Crippen LogP contribution is -2.42. The van der Waals surface area contributed by atoms with Crippen molar-refractivity contribution in [2.24, 2.45) is 0 Å². The number of rotatable bonds is 4. The lowest BCUT2D eigenvalue weighted by Gasteiger charge is -2.27. The van der Waals surface area contributed by atoms with Crippen LogP contribution in [0.4, 0.5) is 0 Å². The van der Waals surface area contributed by atoms with Crippen molar-refractivity contribution >= 4 is 11.9 Å². The van der Waals surface area contributed by atoms with Gasteiger partial charge in [0.25, 0.3) is 0 Å². The lowest BCUT2D eigenvalue weighted by atomic mass is 10.1. The highest BCUT2D eigenvalue weighted by atomic mass is 16.5. The van der Waals surface area contributed by atoms with Crippen molar-refractivity contribution in [3.63, 3.8) is 0 Å². The summed E-state index contributed by atoms with van der Waals surface area (Å²) >= 11 is 0. The van der Waals surface area contributed by atoms with E-state index >= 15 is 0 Å². The number of hydrogen-bond donors (Lipinski definition) is 1. The SMILES string of the molecule is O=C(O)c1nnn(CC(=O)N2CCOCC2)c1C1CCCO1. The van der Waals surface area contributed by atoms with Crippen LogP contribution < -0.4 is 0 Å². The molecule has 1 unspecified atom stereocenters. The smallest absolute Gasteiger partial charge is 0.358 e. The number of carboxylic acids is 1. The summed E-state index contributed by atoms with van der Waals surface area (Å²) in [5.41, 5.74) is 0.244. The minimum atomic E-state index is -1.16. The highest BCUT2D eigenvalue weighted by Gasteiger charge is 2.31. The molecule has 1 N–H and O–H groups in total. The van der Waals surface area contributed by atoms with E-state index in [1.165, 1.54) is 4.68 Å². The molecule has 2 saturated heterocycles. The van der Waals surface area contributed by atoms with Gasteiger partial charge in [-0.05, 0) is 12.8 Å². The van der Waals surface area contributed by atoms with Gasteiger partial charge >= 0.3 is 5.97 Å². The van der Waals surface area contributed by atoms with Gasteiger partial charge in [-0.2, -0.15) is 0 Å². The molecule has 0 spiro atoms. The summed E-state index contributed by atoms with van der Waals surface area (Å²) in [6, 6.07) is 0. The van der Waals surface area contributed by atoms with Crippen molar-refractivity contribution in [3.05, 3.63) is 11.4 Å². The van der Waals surface area contributed by atoms with Gasteiger partial charge in [0, 0.05) is 19.7 Å². The third kappa shape index (κ3) is 2.95. The Morgan fingerprint density at radius 1 is 1.27 bits per heavy atom. The van der Waals surface area contributed by atoms with Crippen LogP contribution in [-0.4, -0.2) is 69.8 Å². The molecule has 9 nitrogen and oxygen atoms in total. The highest BCUT2D eigenvalue weighted by molar-refractivity contribution is 5.86. The van der Waals surface area contributed by atoms with Crippen LogP contribution in [0.5, 0.6) is 0 Å². The lowest BCUT2D eigenvalue weighted by molar-refractivity contribution is -0.136. The summed E-state index contributed by atoms with van der Waals surface area (Å²) in [6.07, 6.45) is 1.20. The van der Waals surface area contributed by atoms with Crippen molar-refractivity contribution in [2.75, 3.05) is 32.9 Å². The van der Waals surface area contributed by atoms with Crippen LogP contribution in [0.15, 0.2) is 0 Å². The zero-order valence-corrected chi connectivity index (χ0v) is 12.1. The first kappa shape index (κ1) is 14.9. The number of carbonyl (C=O) groups is 2. The maximum absolute atomic E-state index is 12.3. The van der Waals surface area contributed by atoms with E-state index in [-0.39, 0.29) is 24.2 Å². The van der Waals surface area contributed by atoms with Crippen LogP contribution in [0, 0.1) is 0 Å². The van der Waals surface area contributed by atoms with Gasteiger partial charge in [-0.3, -0.25) is 4.79 Å². The summed E-state index contributed by atoms with van der Waals surface area (Å²) in [5, 5.41) is 16.8. The van der Waals surface area contributed by atoms with E-state index in [2.05, 4.69) is 10.3 Å². The summed E-state index contributed by atoms with van der Waals surface area (Å²) in [7, 11) is 0. The fourth-order valence-corrected chi connectivity index (χ4v) is 2.74. The number of carboxylic acid groups (broad SMARTS) is 1. The first-order valence-corrected chi connectivity index (χ1v) is 7.30. The second-order valence-corrected chi connectivity index (χ2v) is 5.28. The van der Waals surface area contributed by atoms with Crippen molar-refractivity contribution in [1.29, 1.82) is 0 Å². The van der Waals surface area contributed by atoms with Gasteiger partial charge in [0.05, 0.1) is 13.2 Å². The largest absolute Gasteiger partial charge is 0.476 e.